The Morgan fingerprint density at radius 1 is 0.343 bits per heavy atom. The van der Waals surface area contributed by atoms with Crippen molar-refractivity contribution in [3.8, 4) is 50.3 Å². The van der Waals surface area contributed by atoms with E-state index in [1.54, 1.807) is 12.1 Å². The third-order valence-corrected chi connectivity index (χ3v) is 14.6. The van der Waals surface area contributed by atoms with Gasteiger partial charge in [0.15, 0.2) is 0 Å². The quantitative estimate of drug-likeness (QED) is 0.148. The number of alkyl halides is 3. The summed E-state index contributed by atoms with van der Waals surface area (Å²) in [5.74, 6) is -0.287. The Morgan fingerprint density at radius 2 is 0.671 bits per heavy atom. The van der Waals surface area contributed by atoms with Gasteiger partial charge < -0.3 is 14.5 Å². The molecule has 0 radical (unpaired) electrons. The summed E-state index contributed by atoms with van der Waals surface area (Å²) >= 11 is 0. The summed E-state index contributed by atoms with van der Waals surface area (Å²) in [4.78, 5) is 4.34. The molecule has 0 N–H and O–H groups in total. The standard InChI is InChI=1S/C63H52BF3N2O/c1-37-17-9-13-21-48(37)52-27-25-45(29-41(52)5)68-58-31-43(7)54(50-23-15-11-19-39(50)3)35-56(58)64-57-36-55(51-24-16-12-20-40(51)4)44(8)32-59(57)69(61-34-47(70-63(65,66)67)33-60(68)62(61)64)46-26-28-53(42(6)30-46)49-22-14-10-18-38(49)2/h9-36H,1-8H3. The largest absolute Gasteiger partial charge is 0.573 e. The normalized spacial score (nSPS) is 12.7. The van der Waals surface area contributed by atoms with Crippen molar-refractivity contribution < 1.29 is 17.9 Å². The first-order valence-corrected chi connectivity index (χ1v) is 23.9. The van der Waals surface area contributed by atoms with Gasteiger partial charge in [0, 0.05) is 46.3 Å². The lowest BCUT2D eigenvalue weighted by molar-refractivity contribution is -0.274. The number of hydrogen-bond donors (Lipinski definition) is 0. The van der Waals surface area contributed by atoms with Crippen LogP contribution in [0.5, 0.6) is 5.75 Å². The molecule has 0 fully saturated rings. The van der Waals surface area contributed by atoms with Gasteiger partial charge in [-0.2, -0.15) is 0 Å². The van der Waals surface area contributed by atoms with Crippen molar-refractivity contribution in [2.24, 2.45) is 0 Å². The molecule has 0 atom stereocenters. The van der Waals surface area contributed by atoms with Crippen molar-refractivity contribution in [2.45, 2.75) is 61.8 Å². The maximum atomic E-state index is 14.7. The Balaban J connectivity index is 1.25. The van der Waals surface area contributed by atoms with Gasteiger partial charge in [-0.3, -0.25) is 0 Å². The molecule has 2 aliphatic rings. The zero-order valence-corrected chi connectivity index (χ0v) is 40.7. The van der Waals surface area contributed by atoms with Crippen LogP contribution in [0.4, 0.5) is 47.3 Å². The molecule has 0 aliphatic carbocycles. The summed E-state index contributed by atoms with van der Waals surface area (Å²) in [7, 11) is 0. The fraction of sp³-hybridized carbons (Fsp3) is 0.143. The predicted octanol–water partition coefficient (Wildman–Crippen LogP) is 15.8. The van der Waals surface area contributed by atoms with Gasteiger partial charge in [-0.05, 0) is 197 Å². The second-order valence-corrected chi connectivity index (χ2v) is 19.2. The third kappa shape index (κ3) is 7.56. The van der Waals surface area contributed by atoms with E-state index in [0.717, 1.165) is 128 Å². The SMILES string of the molecule is Cc1ccccc1-c1ccc(N2c3cc(C)c(-c4ccccc4C)cc3B3c4cc(-c5ccccc5C)c(C)cc4N(c4ccc(-c5ccccc5C)c(C)c4)c4cc(OC(F)(F)F)cc2c43)cc1C. The molecule has 3 nitrogen and oxygen atoms in total. The Kier molecular flexibility index (Phi) is 10.9. The molecule has 0 unspecified atom stereocenters. The summed E-state index contributed by atoms with van der Waals surface area (Å²) in [5.41, 5.74) is 25.6. The fourth-order valence-corrected chi connectivity index (χ4v) is 11.3. The lowest BCUT2D eigenvalue weighted by atomic mass is 9.33. The number of hydrogen-bond acceptors (Lipinski definition) is 3. The average molecular weight is 921 g/mol. The molecule has 2 heterocycles. The van der Waals surface area contributed by atoms with Crippen molar-refractivity contribution >= 4 is 57.2 Å². The maximum absolute atomic E-state index is 14.7. The minimum absolute atomic E-state index is 0.287. The van der Waals surface area contributed by atoms with Gasteiger partial charge in [0.25, 0.3) is 6.71 Å². The maximum Gasteiger partial charge on any atom is 0.573 e. The van der Waals surface area contributed by atoms with E-state index in [-0.39, 0.29) is 12.5 Å². The summed E-state index contributed by atoms with van der Waals surface area (Å²) in [6, 6.07) is 58.8. The molecular formula is C63H52BF3N2O. The molecule has 0 aromatic heterocycles. The van der Waals surface area contributed by atoms with Gasteiger partial charge >= 0.3 is 6.36 Å². The van der Waals surface area contributed by atoms with Gasteiger partial charge in [-0.25, -0.2) is 0 Å². The van der Waals surface area contributed by atoms with Crippen molar-refractivity contribution in [3.63, 3.8) is 0 Å². The zero-order chi connectivity index (χ0) is 48.7. The molecule has 344 valence electrons. The molecule has 0 saturated carbocycles. The van der Waals surface area contributed by atoms with E-state index in [9.17, 15) is 13.2 Å². The molecule has 9 aromatic carbocycles. The third-order valence-electron chi connectivity index (χ3n) is 14.6. The van der Waals surface area contributed by atoms with E-state index < -0.39 is 6.36 Å². The van der Waals surface area contributed by atoms with Crippen LogP contribution in [0.15, 0.2) is 170 Å². The molecule has 7 heteroatoms. The van der Waals surface area contributed by atoms with Gasteiger partial charge in [0.05, 0.1) is 0 Å². The highest BCUT2D eigenvalue weighted by Crippen LogP contribution is 2.49. The topological polar surface area (TPSA) is 15.7 Å². The Labute approximate surface area is 409 Å². The number of fused-ring (bicyclic) bond motifs is 4. The van der Waals surface area contributed by atoms with Crippen LogP contribution in [-0.4, -0.2) is 13.1 Å². The predicted molar refractivity (Wildman–Crippen MR) is 287 cm³/mol. The van der Waals surface area contributed by atoms with Gasteiger partial charge in [0.2, 0.25) is 0 Å². The molecule has 9 aromatic rings. The number of rotatable bonds is 7. The van der Waals surface area contributed by atoms with Crippen LogP contribution in [-0.2, 0) is 0 Å². The first-order valence-electron chi connectivity index (χ1n) is 23.9. The van der Waals surface area contributed by atoms with E-state index in [4.69, 9.17) is 4.74 Å². The number of anilines is 6. The monoisotopic (exact) mass is 920 g/mol. The van der Waals surface area contributed by atoms with Crippen molar-refractivity contribution in [1.29, 1.82) is 0 Å². The first kappa shape index (κ1) is 44.7. The van der Waals surface area contributed by atoms with Crippen LogP contribution >= 0.6 is 0 Å². The molecule has 70 heavy (non-hydrogen) atoms. The molecule has 0 bridgehead atoms. The van der Waals surface area contributed by atoms with E-state index in [1.165, 1.54) is 0 Å². The van der Waals surface area contributed by atoms with Gasteiger partial charge in [-0.1, -0.05) is 121 Å². The summed E-state index contributed by atoms with van der Waals surface area (Å²) in [6.07, 6.45) is -4.94. The van der Waals surface area contributed by atoms with Crippen LogP contribution < -0.4 is 30.9 Å². The minimum atomic E-state index is -4.94. The Bertz CT molecular complexity index is 3370. The van der Waals surface area contributed by atoms with Crippen molar-refractivity contribution in [3.05, 3.63) is 214 Å². The highest BCUT2D eigenvalue weighted by molar-refractivity contribution is 7.00. The van der Waals surface area contributed by atoms with Crippen molar-refractivity contribution in [2.75, 3.05) is 9.80 Å². The van der Waals surface area contributed by atoms with E-state index in [1.807, 2.05) is 12.1 Å². The van der Waals surface area contributed by atoms with Crippen molar-refractivity contribution in [1.82, 2.24) is 0 Å². The number of halogens is 3. The molecule has 0 amide bonds. The Hall–Kier alpha value is -7.77. The molecule has 0 saturated heterocycles. The molecule has 0 spiro atoms. The van der Waals surface area contributed by atoms with Crippen LogP contribution in [0.1, 0.15) is 44.5 Å². The molecule has 2 aliphatic heterocycles. The van der Waals surface area contributed by atoms with Crippen LogP contribution in [0.2, 0.25) is 0 Å². The number of nitrogens with zero attached hydrogens (tertiary/aromatic N) is 2. The number of benzene rings is 9. The highest BCUT2D eigenvalue weighted by Gasteiger charge is 2.45. The Morgan fingerprint density at radius 3 is 1.01 bits per heavy atom. The molecule has 11 rings (SSSR count). The van der Waals surface area contributed by atoms with Gasteiger partial charge in [0.1, 0.15) is 5.75 Å². The second-order valence-electron chi connectivity index (χ2n) is 19.2. The summed E-state index contributed by atoms with van der Waals surface area (Å²) in [6.45, 7) is 16.6. The average Bonchev–Trinajstić information content (AvgIpc) is 3.32. The summed E-state index contributed by atoms with van der Waals surface area (Å²) < 4.78 is 49.2. The van der Waals surface area contributed by atoms with E-state index >= 15 is 0 Å². The summed E-state index contributed by atoms with van der Waals surface area (Å²) in [5, 5.41) is 0. The fourth-order valence-electron chi connectivity index (χ4n) is 11.3. The highest BCUT2D eigenvalue weighted by atomic mass is 19.4. The van der Waals surface area contributed by atoms with Crippen LogP contribution in [0, 0.1) is 55.4 Å². The number of aryl methyl sites for hydroxylation is 8. The van der Waals surface area contributed by atoms with E-state index in [2.05, 4.69) is 211 Å². The molecular weight excluding hydrogens is 869 g/mol. The van der Waals surface area contributed by atoms with Gasteiger partial charge in [-0.15, -0.1) is 13.2 Å². The lowest BCUT2D eigenvalue weighted by Crippen LogP contribution is -2.61. The second kappa shape index (κ2) is 17.0. The van der Waals surface area contributed by atoms with E-state index in [0.29, 0.717) is 11.4 Å². The zero-order valence-electron chi connectivity index (χ0n) is 40.7. The van der Waals surface area contributed by atoms with Crippen LogP contribution in [0.3, 0.4) is 0 Å². The first-order chi connectivity index (χ1) is 33.6. The smallest absolute Gasteiger partial charge is 0.406 e. The minimum Gasteiger partial charge on any atom is -0.406 e. The number of ether oxygens (including phenoxy) is 1. The van der Waals surface area contributed by atoms with Crippen LogP contribution in [0.25, 0.3) is 44.5 Å². The lowest BCUT2D eigenvalue weighted by Gasteiger charge is -2.45.